The third-order valence-electron chi connectivity index (χ3n) is 5.30. The molecule has 2 aromatic rings. The maximum absolute atomic E-state index is 12.4. The molecule has 3 rings (SSSR count). The second kappa shape index (κ2) is 7.27. The van der Waals surface area contributed by atoms with Gasteiger partial charge in [-0.3, -0.25) is 0 Å². The van der Waals surface area contributed by atoms with Crippen LogP contribution in [0.15, 0.2) is 42.5 Å². The first-order valence-electron chi connectivity index (χ1n) is 9.74. The topological polar surface area (TPSA) is 44.8 Å². The predicted molar refractivity (Wildman–Crippen MR) is 117 cm³/mol. The van der Waals surface area contributed by atoms with Gasteiger partial charge >= 0.3 is 5.97 Å². The molecule has 29 heavy (non-hydrogen) atoms. The molecule has 5 heteroatoms. The molecular weight excluding hydrogens is 380 g/mol. The van der Waals surface area contributed by atoms with Crippen molar-refractivity contribution in [1.29, 1.82) is 0 Å². The van der Waals surface area contributed by atoms with E-state index in [2.05, 4.69) is 45.7 Å². The van der Waals surface area contributed by atoms with Crippen molar-refractivity contribution in [3.8, 4) is 23.3 Å². The fourth-order valence-electron chi connectivity index (χ4n) is 2.68. The minimum absolute atomic E-state index is 0.142. The lowest BCUT2D eigenvalue weighted by Crippen LogP contribution is -2.43. The molecule has 0 spiro atoms. The van der Waals surface area contributed by atoms with E-state index in [1.165, 1.54) is 0 Å². The Morgan fingerprint density at radius 1 is 0.966 bits per heavy atom. The number of ether oxygens (including phenoxy) is 2. The molecule has 0 bridgehead atoms. The highest BCUT2D eigenvalue weighted by molar-refractivity contribution is 6.74. The van der Waals surface area contributed by atoms with Crippen molar-refractivity contribution in [2.75, 3.05) is 0 Å². The fraction of sp³-hybridized carbons (Fsp3) is 0.375. The fourth-order valence-corrected chi connectivity index (χ4v) is 3.72. The molecule has 0 saturated heterocycles. The van der Waals surface area contributed by atoms with E-state index in [1.807, 2.05) is 30.3 Å². The third kappa shape index (κ3) is 4.65. The molecule has 1 aliphatic rings. The lowest BCUT2D eigenvalue weighted by atomic mass is 10.0. The first kappa shape index (κ1) is 21.0. The van der Waals surface area contributed by atoms with Gasteiger partial charge in [-0.25, -0.2) is 4.79 Å². The lowest BCUT2D eigenvalue weighted by molar-refractivity contribution is -0.127. The van der Waals surface area contributed by atoms with E-state index in [0.29, 0.717) is 16.9 Å². The number of hydrogen-bond acceptors (Lipinski definition) is 4. The smallest absolute Gasteiger partial charge is 0.346 e. The van der Waals surface area contributed by atoms with Gasteiger partial charge in [0.15, 0.2) is 0 Å². The summed E-state index contributed by atoms with van der Waals surface area (Å²) in [6.45, 7) is 14.5. The molecule has 1 aliphatic heterocycles. The molecule has 0 saturated carbocycles. The van der Waals surface area contributed by atoms with E-state index in [9.17, 15) is 4.79 Å². The van der Waals surface area contributed by atoms with Crippen molar-refractivity contribution in [3.05, 3.63) is 59.2 Å². The van der Waals surface area contributed by atoms with Gasteiger partial charge in [0.1, 0.15) is 17.1 Å². The highest BCUT2D eigenvalue weighted by Crippen LogP contribution is 2.37. The van der Waals surface area contributed by atoms with Crippen molar-refractivity contribution in [1.82, 2.24) is 0 Å². The number of cyclic esters (lactones) is 1. The molecule has 2 aromatic carbocycles. The van der Waals surface area contributed by atoms with Gasteiger partial charge in [-0.15, -0.1) is 0 Å². The van der Waals surface area contributed by atoms with Crippen LogP contribution in [0.4, 0.5) is 0 Å². The third-order valence-corrected chi connectivity index (χ3v) is 9.66. The van der Waals surface area contributed by atoms with Gasteiger partial charge in [0.25, 0.3) is 0 Å². The van der Waals surface area contributed by atoms with Gasteiger partial charge < -0.3 is 13.9 Å². The van der Waals surface area contributed by atoms with E-state index in [4.69, 9.17) is 13.9 Å². The zero-order valence-electron chi connectivity index (χ0n) is 18.2. The van der Waals surface area contributed by atoms with Crippen LogP contribution in [0.1, 0.15) is 56.1 Å². The summed E-state index contributed by atoms with van der Waals surface area (Å²) in [6, 6.07) is 13.1. The average Bonchev–Trinajstić information content (AvgIpc) is 2.58. The van der Waals surface area contributed by atoms with Crippen molar-refractivity contribution in [2.45, 2.75) is 58.5 Å². The summed E-state index contributed by atoms with van der Waals surface area (Å²) in [7, 11) is -1.87. The Hall–Kier alpha value is -2.71. The number of hydrogen-bond donors (Lipinski definition) is 0. The van der Waals surface area contributed by atoms with Crippen LogP contribution in [-0.4, -0.2) is 20.1 Å². The van der Waals surface area contributed by atoms with Crippen molar-refractivity contribution >= 4 is 14.3 Å². The number of fused-ring (bicyclic) bond motifs is 1. The molecule has 152 valence electrons. The van der Waals surface area contributed by atoms with Crippen LogP contribution in [0.5, 0.6) is 11.5 Å². The normalized spacial score (nSPS) is 15.3. The Morgan fingerprint density at radius 2 is 1.62 bits per heavy atom. The second-order valence-electron chi connectivity index (χ2n) is 9.21. The van der Waals surface area contributed by atoms with Gasteiger partial charge in [-0.1, -0.05) is 38.7 Å². The SMILES string of the molecule is CC1(C)OC(=O)c2c(C#Cc3ccc(O[Si](C)(C)C(C)(C)C)cc3)cccc2O1. The maximum Gasteiger partial charge on any atom is 0.346 e. The van der Waals surface area contributed by atoms with E-state index in [1.54, 1.807) is 26.0 Å². The van der Waals surface area contributed by atoms with Gasteiger partial charge in [0.05, 0.1) is 0 Å². The first-order chi connectivity index (χ1) is 13.4. The molecule has 0 amide bonds. The number of esters is 1. The summed E-state index contributed by atoms with van der Waals surface area (Å²) in [5, 5.41) is 0.142. The van der Waals surface area contributed by atoms with Crippen molar-refractivity contribution in [2.24, 2.45) is 0 Å². The monoisotopic (exact) mass is 408 g/mol. The zero-order valence-corrected chi connectivity index (χ0v) is 19.2. The maximum atomic E-state index is 12.4. The van der Waals surface area contributed by atoms with Crippen LogP contribution in [0.2, 0.25) is 18.1 Å². The molecule has 1 heterocycles. The van der Waals surface area contributed by atoms with E-state index >= 15 is 0 Å². The molecule has 0 fully saturated rings. The number of carbonyl (C=O) groups excluding carboxylic acids is 1. The Labute approximate surface area is 174 Å². The van der Waals surface area contributed by atoms with Gasteiger partial charge in [-0.05, 0) is 54.5 Å². The van der Waals surface area contributed by atoms with Crippen LogP contribution in [0.3, 0.4) is 0 Å². The molecule has 0 radical (unpaired) electrons. The van der Waals surface area contributed by atoms with Crippen LogP contribution in [-0.2, 0) is 4.74 Å². The van der Waals surface area contributed by atoms with Crippen molar-refractivity contribution < 1.29 is 18.7 Å². The highest BCUT2D eigenvalue weighted by atomic mass is 28.4. The molecule has 0 atom stereocenters. The molecular formula is C24H28O4Si. The average molecular weight is 409 g/mol. The Kier molecular flexibility index (Phi) is 5.27. The van der Waals surface area contributed by atoms with Gasteiger partial charge in [0, 0.05) is 25.0 Å². The van der Waals surface area contributed by atoms with Gasteiger partial charge in [-0.2, -0.15) is 0 Å². The molecule has 0 aromatic heterocycles. The van der Waals surface area contributed by atoms with E-state index in [0.717, 1.165) is 11.3 Å². The quantitative estimate of drug-likeness (QED) is 0.360. The van der Waals surface area contributed by atoms with Crippen LogP contribution in [0, 0.1) is 11.8 Å². The molecule has 0 N–H and O–H groups in total. The molecule has 4 nitrogen and oxygen atoms in total. The summed E-state index contributed by atoms with van der Waals surface area (Å²) in [4.78, 5) is 12.4. The molecule has 0 unspecified atom stereocenters. The zero-order chi connectivity index (χ0) is 21.4. The summed E-state index contributed by atoms with van der Waals surface area (Å²) >= 11 is 0. The standard InChI is InChI=1S/C24H28O4Si/c1-23(2,3)29(6,7)28-19-15-12-17(13-16-19)11-14-18-9-8-10-20-21(18)22(25)27-24(4,5)26-20/h8-10,12-13,15-16H,1-7H3. The minimum atomic E-state index is -1.87. The summed E-state index contributed by atoms with van der Waals surface area (Å²) in [6.07, 6.45) is 0. The van der Waals surface area contributed by atoms with Crippen LogP contribution in [0.25, 0.3) is 0 Å². The molecule has 0 aliphatic carbocycles. The highest BCUT2D eigenvalue weighted by Gasteiger charge is 2.39. The van der Waals surface area contributed by atoms with E-state index in [-0.39, 0.29) is 5.04 Å². The van der Waals surface area contributed by atoms with Crippen LogP contribution < -0.4 is 9.16 Å². The Morgan fingerprint density at radius 3 is 2.24 bits per heavy atom. The lowest BCUT2D eigenvalue weighted by Gasteiger charge is -2.36. The van der Waals surface area contributed by atoms with Crippen molar-refractivity contribution in [3.63, 3.8) is 0 Å². The summed E-state index contributed by atoms with van der Waals surface area (Å²) < 4.78 is 17.4. The number of rotatable bonds is 2. The summed E-state index contributed by atoms with van der Waals surface area (Å²) in [5.74, 6) is 6.15. The van der Waals surface area contributed by atoms with Gasteiger partial charge in [0.2, 0.25) is 14.1 Å². The Balaban J connectivity index is 1.83. The largest absolute Gasteiger partial charge is 0.544 e. The van der Waals surface area contributed by atoms with Crippen LogP contribution >= 0.6 is 0 Å². The number of carbonyl (C=O) groups is 1. The number of benzene rings is 2. The van der Waals surface area contributed by atoms with E-state index < -0.39 is 20.1 Å². The Bertz CT molecular complexity index is 986. The summed E-state index contributed by atoms with van der Waals surface area (Å²) in [5.41, 5.74) is 1.80. The minimum Gasteiger partial charge on any atom is -0.544 e. The first-order valence-corrected chi connectivity index (χ1v) is 12.7. The predicted octanol–water partition coefficient (Wildman–Crippen LogP) is 5.76. The second-order valence-corrected chi connectivity index (χ2v) is 13.9.